The van der Waals surface area contributed by atoms with E-state index in [2.05, 4.69) is 43.4 Å². The van der Waals surface area contributed by atoms with Gasteiger partial charge in [0.25, 0.3) is 0 Å². The van der Waals surface area contributed by atoms with Gasteiger partial charge in [0.05, 0.1) is 0 Å². The van der Waals surface area contributed by atoms with Crippen molar-refractivity contribution in [1.82, 2.24) is 5.32 Å². The maximum absolute atomic E-state index is 12.0. The van der Waals surface area contributed by atoms with Crippen LogP contribution in [0.4, 0.5) is 0 Å². The molecule has 0 spiro atoms. The summed E-state index contributed by atoms with van der Waals surface area (Å²) in [6, 6.07) is 18.2. The normalized spacial score (nSPS) is 12.2. The molecule has 23 heavy (non-hydrogen) atoms. The molecule has 2 aromatic rings. The second-order valence-electron chi connectivity index (χ2n) is 6.22. The zero-order valence-corrected chi connectivity index (χ0v) is 14.0. The predicted octanol–water partition coefficient (Wildman–Crippen LogP) is 3.56. The van der Waals surface area contributed by atoms with E-state index in [1.54, 1.807) is 0 Å². The zero-order valence-electron chi connectivity index (χ0n) is 14.0. The van der Waals surface area contributed by atoms with Gasteiger partial charge in [-0.15, -0.1) is 0 Å². The Labute approximate surface area is 138 Å². The van der Waals surface area contributed by atoms with Crippen LogP contribution in [0.2, 0.25) is 0 Å². The highest BCUT2D eigenvalue weighted by atomic mass is 16.1. The van der Waals surface area contributed by atoms with E-state index in [9.17, 15) is 4.79 Å². The minimum Gasteiger partial charge on any atom is -0.354 e. The Hall–Kier alpha value is -2.13. The largest absolute Gasteiger partial charge is 0.354 e. The molecule has 2 aromatic carbocycles. The van der Waals surface area contributed by atoms with Gasteiger partial charge in [-0.2, -0.15) is 0 Å². The lowest BCUT2D eigenvalue weighted by molar-refractivity contribution is -0.121. The summed E-state index contributed by atoms with van der Waals surface area (Å²) in [6.07, 6.45) is 1.24. The zero-order chi connectivity index (χ0) is 16.7. The number of rotatable bonds is 7. The quantitative estimate of drug-likeness (QED) is 0.821. The summed E-state index contributed by atoms with van der Waals surface area (Å²) in [4.78, 5) is 12.0. The van der Waals surface area contributed by atoms with Gasteiger partial charge in [-0.1, -0.05) is 68.4 Å². The molecule has 1 unspecified atom stereocenters. The number of carbonyl (C=O) groups is 1. The third-order valence-electron chi connectivity index (χ3n) is 4.03. The van der Waals surface area contributed by atoms with Crippen LogP contribution in [-0.2, 0) is 11.2 Å². The van der Waals surface area contributed by atoms with Crippen LogP contribution < -0.4 is 11.1 Å². The van der Waals surface area contributed by atoms with Crippen molar-refractivity contribution in [2.45, 2.75) is 38.6 Å². The van der Waals surface area contributed by atoms with Gasteiger partial charge in [0.1, 0.15) is 0 Å². The molecule has 3 nitrogen and oxygen atoms in total. The van der Waals surface area contributed by atoms with Crippen LogP contribution in [-0.4, -0.2) is 12.5 Å². The van der Waals surface area contributed by atoms with E-state index in [4.69, 9.17) is 5.73 Å². The van der Waals surface area contributed by atoms with Gasteiger partial charge in [0, 0.05) is 19.0 Å². The van der Waals surface area contributed by atoms with Crippen LogP contribution in [0.1, 0.15) is 48.9 Å². The number of aryl methyl sites for hydroxylation is 1. The van der Waals surface area contributed by atoms with Crippen molar-refractivity contribution in [3.63, 3.8) is 0 Å². The number of amides is 1. The minimum atomic E-state index is -0.162. The Morgan fingerprint density at radius 3 is 2.26 bits per heavy atom. The topological polar surface area (TPSA) is 55.1 Å². The van der Waals surface area contributed by atoms with E-state index in [-0.39, 0.29) is 11.9 Å². The number of carbonyl (C=O) groups excluding carboxylic acids is 1. The Morgan fingerprint density at radius 1 is 1.00 bits per heavy atom. The van der Waals surface area contributed by atoms with Gasteiger partial charge in [-0.25, -0.2) is 0 Å². The molecular formula is C20H26N2O. The van der Waals surface area contributed by atoms with Gasteiger partial charge in [0.2, 0.25) is 5.91 Å². The monoisotopic (exact) mass is 310 g/mol. The molecular weight excluding hydrogens is 284 g/mol. The number of benzene rings is 2. The van der Waals surface area contributed by atoms with Gasteiger partial charge in [-0.05, 0) is 29.0 Å². The number of nitrogens with one attached hydrogen (secondary N) is 1. The third kappa shape index (κ3) is 5.53. The minimum absolute atomic E-state index is 0.0457. The van der Waals surface area contributed by atoms with Crippen molar-refractivity contribution < 1.29 is 4.79 Å². The first kappa shape index (κ1) is 17.2. The Balaban J connectivity index is 1.74. The molecule has 0 aliphatic rings. The lowest BCUT2D eigenvalue weighted by atomic mass is 10.0. The Kier molecular flexibility index (Phi) is 6.36. The fourth-order valence-electron chi connectivity index (χ4n) is 2.46. The highest BCUT2D eigenvalue weighted by Crippen LogP contribution is 2.15. The van der Waals surface area contributed by atoms with Crippen molar-refractivity contribution in [1.29, 1.82) is 0 Å². The average Bonchev–Trinajstić information content (AvgIpc) is 2.59. The molecule has 0 aromatic heterocycles. The Bertz CT molecular complexity index is 605. The van der Waals surface area contributed by atoms with Gasteiger partial charge in [0.15, 0.2) is 0 Å². The number of hydrogen-bond donors (Lipinski definition) is 2. The van der Waals surface area contributed by atoms with E-state index in [0.717, 1.165) is 12.0 Å². The van der Waals surface area contributed by atoms with Crippen LogP contribution in [0.5, 0.6) is 0 Å². The number of nitrogens with two attached hydrogens (primary N) is 1. The van der Waals surface area contributed by atoms with E-state index < -0.39 is 0 Å². The van der Waals surface area contributed by atoms with Crippen LogP contribution in [0, 0.1) is 0 Å². The fourth-order valence-corrected chi connectivity index (χ4v) is 2.46. The van der Waals surface area contributed by atoms with E-state index in [0.29, 0.717) is 18.9 Å². The van der Waals surface area contributed by atoms with Crippen molar-refractivity contribution >= 4 is 5.91 Å². The standard InChI is InChI=1S/C20H26N2O/c1-15(2)17-11-8-16(9-12-17)10-13-20(23)22-14-19(21)18-6-4-3-5-7-18/h3-9,11-12,15,19H,10,13-14,21H2,1-2H3,(H,22,23). The Morgan fingerprint density at radius 2 is 1.65 bits per heavy atom. The second kappa shape index (κ2) is 8.49. The van der Waals surface area contributed by atoms with E-state index >= 15 is 0 Å². The molecule has 0 fully saturated rings. The highest BCUT2D eigenvalue weighted by molar-refractivity contribution is 5.76. The first-order valence-corrected chi connectivity index (χ1v) is 8.22. The summed E-state index contributed by atoms with van der Waals surface area (Å²) in [7, 11) is 0. The first-order valence-electron chi connectivity index (χ1n) is 8.22. The molecule has 3 N–H and O–H groups in total. The second-order valence-corrected chi connectivity index (χ2v) is 6.22. The van der Waals surface area contributed by atoms with Gasteiger partial charge >= 0.3 is 0 Å². The summed E-state index contributed by atoms with van der Waals surface area (Å²) in [6.45, 7) is 4.83. The molecule has 1 atom stereocenters. The smallest absolute Gasteiger partial charge is 0.220 e. The molecule has 0 bridgehead atoms. The van der Waals surface area contributed by atoms with E-state index in [1.165, 1.54) is 11.1 Å². The summed E-state index contributed by atoms with van der Waals surface area (Å²) < 4.78 is 0. The fraction of sp³-hybridized carbons (Fsp3) is 0.350. The van der Waals surface area contributed by atoms with Crippen LogP contribution in [0.3, 0.4) is 0 Å². The van der Waals surface area contributed by atoms with Crippen molar-refractivity contribution in [2.24, 2.45) is 5.73 Å². The lowest BCUT2D eigenvalue weighted by Crippen LogP contribution is -2.32. The third-order valence-corrected chi connectivity index (χ3v) is 4.03. The van der Waals surface area contributed by atoms with Crippen molar-refractivity contribution in [2.75, 3.05) is 6.54 Å². The van der Waals surface area contributed by atoms with Gasteiger partial charge < -0.3 is 11.1 Å². The molecule has 2 rings (SSSR count). The van der Waals surface area contributed by atoms with Crippen LogP contribution in [0.25, 0.3) is 0 Å². The molecule has 0 saturated carbocycles. The van der Waals surface area contributed by atoms with Crippen LogP contribution >= 0.6 is 0 Å². The summed E-state index contributed by atoms with van der Waals surface area (Å²) in [5, 5.41) is 2.92. The predicted molar refractivity (Wildman–Crippen MR) is 95.2 cm³/mol. The SMILES string of the molecule is CC(C)c1ccc(CCC(=O)NCC(N)c2ccccc2)cc1. The van der Waals surface area contributed by atoms with Crippen molar-refractivity contribution in [3.05, 3.63) is 71.3 Å². The molecule has 0 heterocycles. The van der Waals surface area contributed by atoms with Gasteiger partial charge in [-0.3, -0.25) is 4.79 Å². The summed E-state index contributed by atoms with van der Waals surface area (Å²) in [5.41, 5.74) is 9.64. The lowest BCUT2D eigenvalue weighted by Gasteiger charge is -2.13. The van der Waals surface area contributed by atoms with E-state index in [1.807, 2.05) is 30.3 Å². The molecule has 1 amide bonds. The molecule has 0 radical (unpaired) electrons. The maximum Gasteiger partial charge on any atom is 0.220 e. The average molecular weight is 310 g/mol. The number of hydrogen-bond acceptors (Lipinski definition) is 2. The van der Waals surface area contributed by atoms with Crippen LogP contribution in [0.15, 0.2) is 54.6 Å². The summed E-state index contributed by atoms with van der Waals surface area (Å²) >= 11 is 0. The molecule has 0 aliphatic carbocycles. The maximum atomic E-state index is 12.0. The first-order chi connectivity index (χ1) is 11.1. The molecule has 122 valence electrons. The molecule has 3 heteroatoms. The molecule has 0 saturated heterocycles. The molecule has 0 aliphatic heterocycles. The summed E-state index contributed by atoms with van der Waals surface area (Å²) in [5.74, 6) is 0.580. The highest BCUT2D eigenvalue weighted by Gasteiger charge is 2.08. The van der Waals surface area contributed by atoms with Crippen molar-refractivity contribution in [3.8, 4) is 0 Å².